The number of benzene rings is 1. The average Bonchev–Trinajstić information content (AvgIpc) is 2.69. The Morgan fingerprint density at radius 1 is 1.10 bits per heavy atom. The third-order valence-corrected chi connectivity index (χ3v) is 5.43. The van der Waals surface area contributed by atoms with E-state index in [1.54, 1.807) is 26.0 Å². The molecule has 1 saturated heterocycles. The lowest BCUT2D eigenvalue weighted by atomic mass is 9.92. The van der Waals surface area contributed by atoms with Gasteiger partial charge < -0.3 is 20.4 Å². The number of guanidine groups is 1. The number of nitrogens with zero attached hydrogens (tertiary/aromatic N) is 3. The van der Waals surface area contributed by atoms with Crippen molar-refractivity contribution in [2.24, 2.45) is 16.8 Å². The Labute approximate surface area is 176 Å². The predicted octanol–water partition coefficient (Wildman–Crippen LogP) is 2.81. The molecule has 1 aliphatic heterocycles. The minimum Gasteiger partial charge on any atom is -0.356 e. The summed E-state index contributed by atoms with van der Waals surface area (Å²) in [5.74, 6) is 2.50. The van der Waals surface area contributed by atoms with Crippen molar-refractivity contribution in [1.82, 2.24) is 20.4 Å². The van der Waals surface area contributed by atoms with Crippen LogP contribution in [0.2, 0.25) is 0 Å². The topological polar surface area (TPSA) is 60.0 Å². The van der Waals surface area contributed by atoms with Crippen LogP contribution in [0.15, 0.2) is 29.3 Å². The molecule has 29 heavy (non-hydrogen) atoms. The Kier molecular flexibility index (Phi) is 9.45. The maximum atomic E-state index is 12.0. The summed E-state index contributed by atoms with van der Waals surface area (Å²) in [5, 5.41) is 6.74. The number of aliphatic imine (C=N–C) groups is 1. The molecule has 1 aromatic rings. The second-order valence-electron chi connectivity index (χ2n) is 8.66. The molecule has 2 N–H and O–H groups in total. The second kappa shape index (κ2) is 11.8. The zero-order valence-electron chi connectivity index (χ0n) is 18.9. The molecule has 2 unspecified atom stereocenters. The minimum atomic E-state index is 0.0236. The van der Waals surface area contributed by atoms with Gasteiger partial charge in [-0.25, -0.2) is 0 Å². The van der Waals surface area contributed by atoms with Crippen LogP contribution in [0, 0.1) is 11.8 Å². The molecular formula is C23H39N5O. The Morgan fingerprint density at radius 3 is 2.34 bits per heavy atom. The maximum absolute atomic E-state index is 12.0. The first-order valence-corrected chi connectivity index (χ1v) is 10.9. The fourth-order valence-corrected chi connectivity index (χ4v) is 4.07. The van der Waals surface area contributed by atoms with E-state index in [4.69, 9.17) is 0 Å². The molecule has 162 valence electrons. The number of nitrogens with one attached hydrogen (secondary N) is 2. The first kappa shape index (κ1) is 23.2. The van der Waals surface area contributed by atoms with Gasteiger partial charge in [0.25, 0.3) is 5.91 Å². The summed E-state index contributed by atoms with van der Waals surface area (Å²) in [6.07, 6.45) is 3.72. The number of carbonyl (C=O) groups excluding carboxylic acids is 1. The number of carbonyl (C=O) groups is 1. The number of piperidine rings is 1. The van der Waals surface area contributed by atoms with Gasteiger partial charge >= 0.3 is 0 Å². The maximum Gasteiger partial charge on any atom is 0.253 e. The third-order valence-electron chi connectivity index (χ3n) is 5.43. The van der Waals surface area contributed by atoms with Gasteiger partial charge in [0.15, 0.2) is 5.96 Å². The van der Waals surface area contributed by atoms with Gasteiger partial charge in [-0.05, 0) is 55.3 Å². The van der Waals surface area contributed by atoms with Gasteiger partial charge in [-0.3, -0.25) is 9.79 Å². The van der Waals surface area contributed by atoms with Crippen LogP contribution >= 0.6 is 0 Å². The molecule has 6 heteroatoms. The van der Waals surface area contributed by atoms with Crippen molar-refractivity contribution in [3.05, 3.63) is 35.4 Å². The Bertz CT molecular complexity index is 646. The van der Waals surface area contributed by atoms with Crippen LogP contribution in [0.5, 0.6) is 0 Å². The molecule has 1 aliphatic rings. The van der Waals surface area contributed by atoms with E-state index in [1.165, 1.54) is 32.5 Å². The molecule has 0 spiro atoms. The minimum absolute atomic E-state index is 0.0236. The van der Waals surface area contributed by atoms with Crippen LogP contribution in [0.25, 0.3) is 0 Å². The summed E-state index contributed by atoms with van der Waals surface area (Å²) in [5.41, 5.74) is 1.83. The van der Waals surface area contributed by atoms with Crippen molar-refractivity contribution in [2.45, 2.75) is 39.7 Å². The van der Waals surface area contributed by atoms with Gasteiger partial charge in [-0.1, -0.05) is 26.0 Å². The molecule has 2 atom stereocenters. The van der Waals surface area contributed by atoms with E-state index in [-0.39, 0.29) is 5.91 Å². The fourth-order valence-electron chi connectivity index (χ4n) is 4.07. The van der Waals surface area contributed by atoms with Crippen molar-refractivity contribution in [3.8, 4) is 0 Å². The molecule has 1 aromatic carbocycles. The largest absolute Gasteiger partial charge is 0.356 e. The van der Waals surface area contributed by atoms with E-state index >= 15 is 0 Å². The molecule has 0 saturated carbocycles. The smallest absolute Gasteiger partial charge is 0.253 e. The average molecular weight is 402 g/mol. The molecule has 0 aromatic heterocycles. The highest BCUT2D eigenvalue weighted by Crippen LogP contribution is 2.20. The summed E-state index contributed by atoms with van der Waals surface area (Å²) in [4.78, 5) is 20.5. The van der Waals surface area contributed by atoms with Crippen LogP contribution in [0.4, 0.5) is 0 Å². The summed E-state index contributed by atoms with van der Waals surface area (Å²) in [6, 6.07) is 7.71. The molecule has 0 radical (unpaired) electrons. The van der Waals surface area contributed by atoms with E-state index in [0.717, 1.165) is 36.3 Å². The van der Waals surface area contributed by atoms with Gasteiger partial charge in [0.2, 0.25) is 0 Å². The van der Waals surface area contributed by atoms with E-state index in [0.29, 0.717) is 12.1 Å². The molecule has 1 fully saturated rings. The van der Waals surface area contributed by atoms with Gasteiger partial charge in [0.1, 0.15) is 0 Å². The third kappa shape index (κ3) is 8.05. The van der Waals surface area contributed by atoms with Gasteiger partial charge in [0, 0.05) is 52.9 Å². The molecule has 1 amide bonds. The standard InChI is InChI=1S/C23H39N5O/c1-18-14-19(2)17-28(16-18)13-7-6-12-25-23(24-3)26-15-20-8-10-21(11-9-20)22(29)27(4)5/h8-11,18-19H,6-7,12-17H2,1-5H3,(H2,24,25,26). The summed E-state index contributed by atoms with van der Waals surface area (Å²) < 4.78 is 0. The highest BCUT2D eigenvalue weighted by molar-refractivity contribution is 5.93. The fraction of sp³-hybridized carbons (Fsp3) is 0.652. The number of hydrogen-bond donors (Lipinski definition) is 2. The van der Waals surface area contributed by atoms with E-state index in [2.05, 4.69) is 34.4 Å². The van der Waals surface area contributed by atoms with Gasteiger partial charge in [-0.2, -0.15) is 0 Å². The lowest BCUT2D eigenvalue weighted by molar-refractivity contribution is 0.0827. The zero-order chi connectivity index (χ0) is 21.2. The summed E-state index contributed by atoms with van der Waals surface area (Å²) in [7, 11) is 5.33. The molecule has 2 rings (SSSR count). The predicted molar refractivity (Wildman–Crippen MR) is 121 cm³/mol. The first-order chi connectivity index (χ1) is 13.9. The van der Waals surface area contributed by atoms with Crippen LogP contribution in [0.1, 0.15) is 49.0 Å². The highest BCUT2D eigenvalue weighted by atomic mass is 16.2. The van der Waals surface area contributed by atoms with E-state index in [9.17, 15) is 4.79 Å². The van der Waals surface area contributed by atoms with Crippen molar-refractivity contribution in [3.63, 3.8) is 0 Å². The second-order valence-corrected chi connectivity index (χ2v) is 8.66. The lowest BCUT2D eigenvalue weighted by Gasteiger charge is -2.34. The highest BCUT2D eigenvalue weighted by Gasteiger charge is 2.20. The monoisotopic (exact) mass is 401 g/mol. The normalized spacial score (nSPS) is 20.4. The number of unbranched alkanes of at least 4 members (excludes halogenated alkanes) is 1. The Morgan fingerprint density at radius 2 is 1.76 bits per heavy atom. The number of hydrogen-bond acceptors (Lipinski definition) is 3. The van der Waals surface area contributed by atoms with E-state index < -0.39 is 0 Å². The number of rotatable bonds is 8. The van der Waals surface area contributed by atoms with Crippen molar-refractivity contribution in [1.29, 1.82) is 0 Å². The van der Waals surface area contributed by atoms with E-state index in [1.807, 2.05) is 24.3 Å². The lowest BCUT2D eigenvalue weighted by Crippen LogP contribution is -2.40. The molecule has 6 nitrogen and oxygen atoms in total. The van der Waals surface area contributed by atoms with Crippen molar-refractivity contribution in [2.75, 3.05) is 47.3 Å². The van der Waals surface area contributed by atoms with Crippen LogP contribution in [-0.2, 0) is 6.54 Å². The molecule has 1 heterocycles. The molecule has 0 bridgehead atoms. The number of amides is 1. The van der Waals surface area contributed by atoms with Crippen molar-refractivity contribution >= 4 is 11.9 Å². The Balaban J connectivity index is 1.64. The summed E-state index contributed by atoms with van der Waals surface area (Å²) >= 11 is 0. The summed E-state index contributed by atoms with van der Waals surface area (Å²) in [6.45, 7) is 10.0. The quantitative estimate of drug-likeness (QED) is 0.400. The SMILES string of the molecule is CN=C(NCCCCN1CC(C)CC(C)C1)NCc1ccc(C(=O)N(C)C)cc1. The van der Waals surface area contributed by atoms with Crippen molar-refractivity contribution < 1.29 is 4.79 Å². The van der Waals surface area contributed by atoms with Crippen LogP contribution in [-0.4, -0.2) is 69.0 Å². The van der Waals surface area contributed by atoms with Crippen LogP contribution < -0.4 is 10.6 Å². The molecule has 0 aliphatic carbocycles. The Hall–Kier alpha value is -2.08. The van der Waals surface area contributed by atoms with Gasteiger partial charge in [-0.15, -0.1) is 0 Å². The van der Waals surface area contributed by atoms with Gasteiger partial charge in [0.05, 0.1) is 0 Å². The first-order valence-electron chi connectivity index (χ1n) is 10.9. The zero-order valence-corrected chi connectivity index (χ0v) is 18.9. The molecular weight excluding hydrogens is 362 g/mol. The number of likely N-dealkylation sites (tertiary alicyclic amines) is 1. The van der Waals surface area contributed by atoms with Crippen LogP contribution in [0.3, 0.4) is 0 Å².